The Kier molecular flexibility index (Phi) is 17.5. The normalized spacial score (nSPS) is 20.6. The maximum absolute atomic E-state index is 11.8. The lowest BCUT2D eigenvalue weighted by atomic mass is 9.70. The van der Waals surface area contributed by atoms with Gasteiger partial charge in [-0.3, -0.25) is 9.59 Å². The van der Waals surface area contributed by atoms with E-state index in [0.29, 0.717) is 24.2 Å². The predicted molar refractivity (Wildman–Crippen MR) is 211 cm³/mol. The van der Waals surface area contributed by atoms with Crippen molar-refractivity contribution in [3.05, 3.63) is 82.0 Å². The van der Waals surface area contributed by atoms with Crippen LogP contribution in [-0.4, -0.2) is 22.8 Å². The molecule has 0 aromatic rings. The number of carbonyl (C=O) groups excluding carboxylic acids is 2. The van der Waals surface area contributed by atoms with E-state index in [2.05, 4.69) is 159 Å². The Hall–Kier alpha value is -2.52. The van der Waals surface area contributed by atoms with Crippen molar-refractivity contribution < 1.29 is 14.7 Å². The number of carbonyl (C=O) groups is 2. The lowest BCUT2D eigenvalue weighted by Crippen LogP contribution is -2.35. The molecule has 0 saturated carbocycles. The third-order valence-electron chi connectivity index (χ3n) is 8.61. The smallest absolute Gasteiger partial charge is 0.187 e. The molecule has 0 aromatic carbocycles. The molecule has 0 radical (unpaired) electrons. The molecule has 2 aliphatic carbocycles. The maximum Gasteiger partial charge on any atom is 0.187 e. The summed E-state index contributed by atoms with van der Waals surface area (Å²) in [5.74, 6) is 0.186. The molecule has 0 aromatic heterocycles. The van der Waals surface area contributed by atoms with E-state index in [4.69, 9.17) is 0 Å². The fourth-order valence-electron chi connectivity index (χ4n) is 5.52. The highest BCUT2D eigenvalue weighted by Gasteiger charge is 2.36. The molecule has 1 unspecified atom stereocenters. The average molecular weight is 663 g/mol. The van der Waals surface area contributed by atoms with Crippen LogP contribution < -0.4 is 0 Å². The van der Waals surface area contributed by atoms with Crippen molar-refractivity contribution in [1.82, 2.24) is 0 Å². The predicted octanol–water partition coefficient (Wildman–Crippen LogP) is 12.8. The van der Waals surface area contributed by atoms with Crippen molar-refractivity contribution in [3.8, 4) is 0 Å². The molecule has 272 valence electrons. The molecule has 3 nitrogen and oxygen atoms in total. The molecule has 0 amide bonds. The van der Waals surface area contributed by atoms with Crippen LogP contribution in [0.25, 0.3) is 0 Å². The van der Waals surface area contributed by atoms with Gasteiger partial charge in [0.25, 0.3) is 0 Å². The standard InChI is InChI=1S/C15H24O2.C15H24O.C15H26/c1-10-11(7-8-14(2,3)4)15(5,6)9-12(16)13(10)17;1-11-12(7-9-14(2,3)4)15(5,6)10-8-13(11)16;1-13(2)9-7-10-14(3)11-8-12-15(4,5)6/h7-8,12,16H,9H2,1-6H3;7,9H,8,10H2,1-6H3;8-9,11-12H,7,10H2,1-6H3/b8-7+;9-7+;12-8+,14-11+. The Morgan fingerprint density at radius 2 is 1.21 bits per heavy atom. The minimum atomic E-state index is -0.836. The molecular weight excluding hydrogens is 588 g/mol. The highest BCUT2D eigenvalue weighted by atomic mass is 16.3. The summed E-state index contributed by atoms with van der Waals surface area (Å²) in [4.78, 5) is 23.5. The minimum Gasteiger partial charge on any atom is -0.385 e. The van der Waals surface area contributed by atoms with Gasteiger partial charge in [-0.1, -0.05) is 150 Å². The van der Waals surface area contributed by atoms with Gasteiger partial charge in [-0.2, -0.15) is 0 Å². The number of Topliss-reactive ketones (excluding diaryl/α,β-unsaturated/α-hetero) is 2. The Balaban J connectivity index is 0.000000692. The number of hydrogen-bond donors (Lipinski definition) is 1. The lowest BCUT2D eigenvalue weighted by molar-refractivity contribution is -0.125. The Bertz CT molecular complexity index is 1310. The first kappa shape index (κ1) is 45.5. The number of aliphatic hydroxyl groups is 1. The second-order valence-corrected chi connectivity index (χ2v) is 18.8. The number of ketones is 2. The first-order valence-electron chi connectivity index (χ1n) is 18.0. The van der Waals surface area contributed by atoms with Crippen LogP contribution in [0.3, 0.4) is 0 Å². The van der Waals surface area contributed by atoms with Crippen LogP contribution in [-0.2, 0) is 9.59 Å². The molecule has 1 atom stereocenters. The fourth-order valence-corrected chi connectivity index (χ4v) is 5.52. The maximum atomic E-state index is 11.8. The molecule has 0 spiro atoms. The van der Waals surface area contributed by atoms with Gasteiger partial charge in [0.05, 0.1) is 0 Å². The van der Waals surface area contributed by atoms with Crippen molar-refractivity contribution in [2.24, 2.45) is 27.1 Å². The zero-order valence-corrected chi connectivity index (χ0v) is 34.5. The number of aliphatic hydroxyl groups excluding tert-OH is 1. The molecule has 2 rings (SSSR count). The van der Waals surface area contributed by atoms with Gasteiger partial charge in [-0.05, 0) is 110 Å². The Labute approximate surface area is 297 Å². The Morgan fingerprint density at radius 3 is 1.65 bits per heavy atom. The quantitative estimate of drug-likeness (QED) is 0.227. The van der Waals surface area contributed by atoms with Gasteiger partial charge in [0.2, 0.25) is 0 Å². The van der Waals surface area contributed by atoms with Gasteiger partial charge >= 0.3 is 0 Å². The summed E-state index contributed by atoms with van der Waals surface area (Å²) in [5.41, 5.74) is 7.36. The highest BCUT2D eigenvalue weighted by molar-refractivity contribution is 6.00. The molecule has 0 fully saturated rings. The van der Waals surface area contributed by atoms with Crippen molar-refractivity contribution in [2.75, 3.05) is 0 Å². The largest absolute Gasteiger partial charge is 0.385 e. The topological polar surface area (TPSA) is 54.4 Å². The van der Waals surface area contributed by atoms with E-state index in [9.17, 15) is 14.7 Å². The van der Waals surface area contributed by atoms with Crippen LogP contribution >= 0.6 is 0 Å². The molecule has 0 saturated heterocycles. The van der Waals surface area contributed by atoms with Crippen molar-refractivity contribution >= 4 is 11.6 Å². The minimum absolute atomic E-state index is 0.0997. The summed E-state index contributed by atoms with van der Waals surface area (Å²) in [7, 11) is 0. The van der Waals surface area contributed by atoms with E-state index in [0.717, 1.165) is 24.0 Å². The van der Waals surface area contributed by atoms with Gasteiger partial charge < -0.3 is 5.11 Å². The van der Waals surface area contributed by atoms with E-state index < -0.39 is 6.10 Å². The first-order chi connectivity index (χ1) is 21.5. The van der Waals surface area contributed by atoms with Gasteiger partial charge in [0.15, 0.2) is 11.6 Å². The van der Waals surface area contributed by atoms with E-state index in [-0.39, 0.29) is 32.9 Å². The molecule has 1 N–H and O–H groups in total. The Morgan fingerprint density at radius 1 is 0.750 bits per heavy atom. The van der Waals surface area contributed by atoms with E-state index in [1.165, 1.54) is 23.1 Å². The zero-order valence-electron chi connectivity index (χ0n) is 34.5. The summed E-state index contributed by atoms with van der Waals surface area (Å²) in [5, 5.41) is 9.72. The van der Waals surface area contributed by atoms with Crippen LogP contribution in [0.1, 0.15) is 157 Å². The summed E-state index contributed by atoms with van der Waals surface area (Å²) < 4.78 is 0. The van der Waals surface area contributed by atoms with Crippen LogP contribution in [0.15, 0.2) is 82.0 Å². The van der Waals surface area contributed by atoms with E-state index in [1.54, 1.807) is 0 Å². The number of rotatable bonds is 6. The summed E-state index contributed by atoms with van der Waals surface area (Å²) >= 11 is 0. The molecular formula is C45H74O3. The third-order valence-corrected chi connectivity index (χ3v) is 8.61. The number of hydrogen-bond acceptors (Lipinski definition) is 3. The van der Waals surface area contributed by atoms with Gasteiger partial charge in [0, 0.05) is 6.42 Å². The molecule has 2 aliphatic rings. The summed E-state index contributed by atoms with van der Waals surface area (Å²) in [6, 6.07) is 0. The molecule has 0 aliphatic heterocycles. The lowest BCUT2D eigenvalue weighted by Gasteiger charge is -2.35. The molecule has 48 heavy (non-hydrogen) atoms. The van der Waals surface area contributed by atoms with Gasteiger partial charge in [-0.15, -0.1) is 0 Å². The van der Waals surface area contributed by atoms with Crippen LogP contribution in [0.4, 0.5) is 0 Å². The van der Waals surface area contributed by atoms with Crippen LogP contribution in [0.2, 0.25) is 0 Å². The van der Waals surface area contributed by atoms with Crippen molar-refractivity contribution in [1.29, 1.82) is 0 Å². The first-order valence-corrected chi connectivity index (χ1v) is 18.0. The second-order valence-electron chi connectivity index (χ2n) is 18.8. The number of allylic oxidation sites excluding steroid dienone is 13. The van der Waals surface area contributed by atoms with Crippen molar-refractivity contribution in [2.45, 2.75) is 163 Å². The van der Waals surface area contributed by atoms with E-state index >= 15 is 0 Å². The molecule has 0 heterocycles. The highest BCUT2D eigenvalue weighted by Crippen LogP contribution is 2.41. The van der Waals surface area contributed by atoms with Crippen molar-refractivity contribution in [3.63, 3.8) is 0 Å². The summed E-state index contributed by atoms with van der Waals surface area (Å²) in [6.45, 7) is 38.5. The van der Waals surface area contributed by atoms with Gasteiger partial charge in [-0.25, -0.2) is 0 Å². The fraction of sp³-hybridized carbons (Fsp3) is 0.644. The zero-order chi connectivity index (χ0) is 37.9. The molecule has 0 bridgehead atoms. The SMILES string of the molecule is CC(C)=CCC/C(C)=C/C=C/C(C)(C)C.CC1=C(/C=C/C(C)(C)C)C(C)(C)CC(O)C1=O.CC1=C(/C=C/C(C)(C)C)C(C)(C)CCC1=O. The van der Waals surface area contributed by atoms with E-state index in [1.807, 2.05) is 13.8 Å². The van der Waals surface area contributed by atoms with Crippen LogP contribution in [0.5, 0.6) is 0 Å². The monoisotopic (exact) mass is 663 g/mol. The van der Waals surface area contributed by atoms with Crippen LogP contribution in [0, 0.1) is 27.1 Å². The third kappa shape index (κ3) is 18.3. The summed E-state index contributed by atoms with van der Waals surface area (Å²) in [6.07, 6.45) is 21.1. The van der Waals surface area contributed by atoms with Gasteiger partial charge in [0.1, 0.15) is 6.10 Å². The second kappa shape index (κ2) is 18.5. The molecule has 3 heteroatoms. The average Bonchev–Trinajstić information content (AvgIpc) is 2.88.